The van der Waals surface area contributed by atoms with Crippen molar-refractivity contribution in [3.63, 3.8) is 0 Å². The molecule has 1 unspecified atom stereocenters. The molecule has 2 aromatic carbocycles. The first-order valence-corrected chi connectivity index (χ1v) is 8.23. The largest absolute Gasteiger partial charge is 0.267 e. The zero-order valence-corrected chi connectivity index (χ0v) is 12.7. The summed E-state index contributed by atoms with van der Waals surface area (Å²) in [5.41, 5.74) is 2.34. The number of benzene rings is 2. The van der Waals surface area contributed by atoms with Crippen LogP contribution in [0.1, 0.15) is 24.0 Å². The van der Waals surface area contributed by atoms with E-state index in [9.17, 15) is 12.8 Å². The summed E-state index contributed by atoms with van der Waals surface area (Å²) < 4.78 is 40.9. The van der Waals surface area contributed by atoms with Crippen LogP contribution in [0.3, 0.4) is 0 Å². The predicted octanol–water partition coefficient (Wildman–Crippen LogP) is 3.45. The number of aryl methyl sites for hydroxylation is 1. The fourth-order valence-electron chi connectivity index (χ4n) is 2.73. The van der Waals surface area contributed by atoms with Crippen LogP contribution in [0.5, 0.6) is 0 Å². The van der Waals surface area contributed by atoms with Gasteiger partial charge in [-0.15, -0.1) is 0 Å². The van der Waals surface area contributed by atoms with Crippen LogP contribution in [0.15, 0.2) is 47.4 Å². The average Bonchev–Trinajstić information content (AvgIpc) is 2.80. The van der Waals surface area contributed by atoms with E-state index in [1.54, 1.807) is 25.1 Å². The van der Waals surface area contributed by atoms with Crippen LogP contribution in [0.2, 0.25) is 0 Å². The predicted molar refractivity (Wildman–Crippen MR) is 80.5 cm³/mol. The lowest BCUT2D eigenvalue weighted by Crippen LogP contribution is -2.30. The van der Waals surface area contributed by atoms with Gasteiger partial charge in [0, 0.05) is 12.5 Å². The number of nitrogens with zero attached hydrogens (tertiary/aromatic N) is 1. The Kier molecular flexibility index (Phi) is 3.24. The van der Waals surface area contributed by atoms with E-state index in [2.05, 4.69) is 0 Å². The lowest BCUT2D eigenvalue weighted by molar-refractivity contribution is 0.563. The number of sulfonamides is 1. The molecule has 0 bridgehead atoms. The zero-order valence-electron chi connectivity index (χ0n) is 11.9. The van der Waals surface area contributed by atoms with Crippen LogP contribution in [0, 0.1) is 12.7 Å². The van der Waals surface area contributed by atoms with Gasteiger partial charge in [-0.05, 0) is 36.2 Å². The number of hydrogen-bond acceptors (Lipinski definition) is 2. The molecule has 0 radical (unpaired) electrons. The normalized spacial score (nSPS) is 17.9. The molecule has 0 aliphatic carbocycles. The third kappa shape index (κ3) is 2.21. The van der Waals surface area contributed by atoms with Gasteiger partial charge in [0.15, 0.2) is 0 Å². The molecule has 0 saturated heterocycles. The van der Waals surface area contributed by atoms with Gasteiger partial charge in [-0.3, -0.25) is 4.31 Å². The maximum Gasteiger partial charge on any atom is 0.267 e. The molecule has 5 heteroatoms. The Bertz CT molecular complexity index is 802. The standard InChI is InChI=1S/C16H16FNO2S/c1-11-7-8-14(17)16(9-11)21(19,20)18-10-12(2)13-5-3-4-6-15(13)18/h3-9,12H,10H2,1-2H3. The van der Waals surface area contributed by atoms with Crippen LogP contribution < -0.4 is 4.31 Å². The molecule has 0 fully saturated rings. The van der Waals surface area contributed by atoms with Crippen molar-refractivity contribution in [2.75, 3.05) is 10.8 Å². The van der Waals surface area contributed by atoms with Crippen LogP contribution >= 0.6 is 0 Å². The Morgan fingerprint density at radius 1 is 1.19 bits per heavy atom. The molecule has 2 aromatic rings. The molecule has 0 saturated carbocycles. The number of hydrogen-bond donors (Lipinski definition) is 0. The van der Waals surface area contributed by atoms with E-state index >= 15 is 0 Å². The van der Waals surface area contributed by atoms with Gasteiger partial charge in [0.2, 0.25) is 0 Å². The van der Waals surface area contributed by atoms with Crippen molar-refractivity contribution in [2.45, 2.75) is 24.7 Å². The van der Waals surface area contributed by atoms with Gasteiger partial charge < -0.3 is 0 Å². The maximum absolute atomic E-state index is 14.0. The van der Waals surface area contributed by atoms with Gasteiger partial charge in [0.05, 0.1) is 5.69 Å². The molecule has 3 rings (SSSR count). The van der Waals surface area contributed by atoms with Crippen LogP contribution in [0.4, 0.5) is 10.1 Å². The SMILES string of the molecule is Cc1ccc(F)c(S(=O)(=O)N2CC(C)c3ccccc32)c1. The quantitative estimate of drug-likeness (QED) is 0.852. The van der Waals surface area contributed by atoms with Crippen molar-refractivity contribution >= 4 is 15.7 Å². The number of halogens is 1. The molecule has 0 amide bonds. The van der Waals surface area contributed by atoms with Crippen LogP contribution in [-0.2, 0) is 10.0 Å². The smallest absolute Gasteiger partial charge is 0.265 e. The lowest BCUT2D eigenvalue weighted by atomic mass is 10.0. The summed E-state index contributed by atoms with van der Waals surface area (Å²) in [7, 11) is -3.88. The Balaban J connectivity index is 2.14. The van der Waals surface area contributed by atoms with Crippen molar-refractivity contribution in [1.29, 1.82) is 0 Å². The summed E-state index contributed by atoms with van der Waals surface area (Å²) in [6, 6.07) is 11.5. The third-order valence-electron chi connectivity index (χ3n) is 3.83. The van der Waals surface area contributed by atoms with Gasteiger partial charge in [-0.25, -0.2) is 12.8 Å². The topological polar surface area (TPSA) is 37.4 Å². The van der Waals surface area contributed by atoms with E-state index < -0.39 is 15.8 Å². The molecule has 110 valence electrons. The summed E-state index contributed by atoms with van der Waals surface area (Å²) >= 11 is 0. The van der Waals surface area contributed by atoms with E-state index in [0.717, 1.165) is 11.1 Å². The summed E-state index contributed by atoms with van der Waals surface area (Å²) in [6.45, 7) is 4.06. The minimum absolute atomic E-state index is 0.101. The van der Waals surface area contributed by atoms with E-state index in [1.165, 1.54) is 16.4 Å². The van der Waals surface area contributed by atoms with Crippen LogP contribution in [-0.4, -0.2) is 15.0 Å². The molecule has 1 aliphatic heterocycles. The number of rotatable bonds is 2. The minimum atomic E-state index is -3.88. The van der Waals surface area contributed by atoms with Gasteiger partial charge in [0.1, 0.15) is 10.7 Å². The minimum Gasteiger partial charge on any atom is -0.265 e. The second-order valence-electron chi connectivity index (χ2n) is 5.43. The Hall–Kier alpha value is -1.88. The number of para-hydroxylation sites is 1. The fraction of sp³-hybridized carbons (Fsp3) is 0.250. The molecule has 0 aromatic heterocycles. The third-order valence-corrected chi connectivity index (χ3v) is 5.63. The summed E-state index contributed by atoms with van der Waals surface area (Å²) in [4.78, 5) is -0.258. The highest BCUT2D eigenvalue weighted by atomic mass is 32.2. The molecular formula is C16H16FNO2S. The molecular weight excluding hydrogens is 289 g/mol. The number of fused-ring (bicyclic) bond motifs is 1. The molecule has 1 heterocycles. The molecule has 0 spiro atoms. The van der Waals surface area contributed by atoms with E-state index in [-0.39, 0.29) is 10.8 Å². The first-order valence-electron chi connectivity index (χ1n) is 6.79. The van der Waals surface area contributed by atoms with Crippen molar-refractivity contribution in [1.82, 2.24) is 0 Å². The van der Waals surface area contributed by atoms with Crippen molar-refractivity contribution in [2.24, 2.45) is 0 Å². The Morgan fingerprint density at radius 2 is 1.90 bits per heavy atom. The summed E-state index contributed by atoms with van der Waals surface area (Å²) in [6.07, 6.45) is 0. The molecule has 1 atom stereocenters. The highest BCUT2D eigenvalue weighted by Gasteiger charge is 2.35. The second-order valence-corrected chi connectivity index (χ2v) is 7.26. The van der Waals surface area contributed by atoms with Gasteiger partial charge in [-0.1, -0.05) is 31.2 Å². The lowest BCUT2D eigenvalue weighted by Gasteiger charge is -2.20. The van der Waals surface area contributed by atoms with Crippen molar-refractivity contribution < 1.29 is 12.8 Å². The van der Waals surface area contributed by atoms with E-state index in [0.29, 0.717) is 12.2 Å². The maximum atomic E-state index is 14.0. The van der Waals surface area contributed by atoms with E-state index in [1.807, 2.05) is 19.1 Å². The highest BCUT2D eigenvalue weighted by Crippen LogP contribution is 2.39. The monoisotopic (exact) mass is 305 g/mol. The molecule has 1 aliphatic rings. The van der Waals surface area contributed by atoms with Gasteiger partial charge in [0.25, 0.3) is 10.0 Å². The average molecular weight is 305 g/mol. The second kappa shape index (κ2) is 4.84. The highest BCUT2D eigenvalue weighted by molar-refractivity contribution is 7.92. The zero-order chi connectivity index (χ0) is 15.2. The molecule has 0 N–H and O–H groups in total. The first-order chi connectivity index (χ1) is 9.91. The first kappa shape index (κ1) is 14.1. The van der Waals surface area contributed by atoms with Crippen molar-refractivity contribution in [3.8, 4) is 0 Å². The summed E-state index contributed by atoms with van der Waals surface area (Å²) in [5.74, 6) is -0.610. The fourth-order valence-corrected chi connectivity index (χ4v) is 4.46. The van der Waals surface area contributed by atoms with Gasteiger partial charge in [-0.2, -0.15) is 0 Å². The molecule has 21 heavy (non-hydrogen) atoms. The van der Waals surface area contributed by atoms with Gasteiger partial charge >= 0.3 is 0 Å². The van der Waals surface area contributed by atoms with Crippen LogP contribution in [0.25, 0.3) is 0 Å². The Morgan fingerprint density at radius 3 is 2.67 bits per heavy atom. The Labute approximate surface area is 124 Å². The molecule has 3 nitrogen and oxygen atoms in total. The van der Waals surface area contributed by atoms with Crippen molar-refractivity contribution in [3.05, 3.63) is 59.4 Å². The van der Waals surface area contributed by atoms with E-state index in [4.69, 9.17) is 0 Å². The number of anilines is 1. The summed E-state index contributed by atoms with van der Waals surface area (Å²) in [5, 5.41) is 0.